The van der Waals surface area contributed by atoms with Crippen LogP contribution in [0, 0.1) is 6.92 Å². The van der Waals surface area contributed by atoms with E-state index in [0.717, 1.165) is 12.0 Å². The molecule has 0 aromatic heterocycles. The van der Waals surface area contributed by atoms with E-state index in [9.17, 15) is 4.79 Å². The van der Waals surface area contributed by atoms with Gasteiger partial charge in [-0.05, 0) is 13.3 Å². The van der Waals surface area contributed by atoms with Crippen LogP contribution in [-0.4, -0.2) is 19.5 Å². The van der Waals surface area contributed by atoms with E-state index in [1.54, 1.807) is 7.11 Å². The Labute approximate surface area is 84.9 Å². The number of methoxy groups -OCH3 is 1. The third-order valence-electron chi connectivity index (χ3n) is 2.13. The van der Waals surface area contributed by atoms with Crippen molar-refractivity contribution in [2.45, 2.75) is 19.8 Å². The number of carbonyl (C=O) groups is 1. The first kappa shape index (κ1) is 10.9. The fourth-order valence-corrected chi connectivity index (χ4v) is 1.26. The first-order valence-corrected chi connectivity index (χ1v) is 4.83. The molecule has 0 radical (unpaired) electrons. The molecule has 0 bridgehead atoms. The van der Waals surface area contributed by atoms with Crippen LogP contribution in [0.4, 0.5) is 0 Å². The van der Waals surface area contributed by atoms with E-state index in [1.807, 2.05) is 31.2 Å². The molecule has 0 atom stereocenters. The highest BCUT2D eigenvalue weighted by molar-refractivity contribution is 5.96. The van der Waals surface area contributed by atoms with E-state index in [2.05, 4.69) is 0 Å². The van der Waals surface area contributed by atoms with Crippen molar-refractivity contribution in [1.29, 1.82) is 0 Å². The lowest BCUT2D eigenvalue weighted by molar-refractivity contribution is 0.0963. The number of rotatable bonds is 5. The first-order chi connectivity index (χ1) is 6.74. The molecule has 0 aliphatic rings. The molecule has 1 aromatic carbocycles. The van der Waals surface area contributed by atoms with Gasteiger partial charge in [0.25, 0.3) is 0 Å². The number of aryl methyl sites for hydroxylation is 1. The summed E-state index contributed by atoms with van der Waals surface area (Å²) < 4.78 is 4.89. The second-order valence-corrected chi connectivity index (χ2v) is 3.39. The zero-order valence-corrected chi connectivity index (χ0v) is 8.75. The van der Waals surface area contributed by atoms with Gasteiger partial charge in [0.05, 0.1) is 0 Å². The lowest BCUT2D eigenvalue weighted by Gasteiger charge is -2.01. The summed E-state index contributed by atoms with van der Waals surface area (Å²) in [6, 6.07) is 7.68. The Balaban J connectivity index is 2.48. The largest absolute Gasteiger partial charge is 0.385 e. The van der Waals surface area contributed by atoms with Gasteiger partial charge in [0.2, 0.25) is 0 Å². The number of hydrogen-bond donors (Lipinski definition) is 0. The fourth-order valence-electron chi connectivity index (χ4n) is 1.26. The molecule has 0 N–H and O–H groups in total. The topological polar surface area (TPSA) is 26.3 Å². The zero-order chi connectivity index (χ0) is 10.4. The van der Waals surface area contributed by atoms with Crippen LogP contribution in [0.5, 0.6) is 0 Å². The molecule has 2 nitrogen and oxygen atoms in total. The van der Waals surface area contributed by atoms with Gasteiger partial charge in [-0.25, -0.2) is 0 Å². The van der Waals surface area contributed by atoms with Crippen molar-refractivity contribution < 1.29 is 9.53 Å². The highest BCUT2D eigenvalue weighted by Crippen LogP contribution is 2.07. The summed E-state index contributed by atoms with van der Waals surface area (Å²) in [5, 5.41) is 0. The van der Waals surface area contributed by atoms with Crippen LogP contribution < -0.4 is 0 Å². The van der Waals surface area contributed by atoms with Crippen molar-refractivity contribution in [3.63, 3.8) is 0 Å². The molecule has 0 spiro atoms. The van der Waals surface area contributed by atoms with Crippen LogP contribution in [0.2, 0.25) is 0 Å². The molecule has 0 unspecified atom stereocenters. The van der Waals surface area contributed by atoms with Gasteiger partial charge in [0.1, 0.15) is 0 Å². The maximum absolute atomic E-state index is 11.6. The summed E-state index contributed by atoms with van der Waals surface area (Å²) in [7, 11) is 1.65. The van der Waals surface area contributed by atoms with E-state index < -0.39 is 0 Å². The Bertz CT molecular complexity index is 288. The SMILES string of the molecule is COCCCC(=O)c1ccc(C)cc1. The molecule has 0 heterocycles. The zero-order valence-electron chi connectivity index (χ0n) is 8.75. The summed E-state index contributed by atoms with van der Waals surface area (Å²) >= 11 is 0. The monoisotopic (exact) mass is 192 g/mol. The first-order valence-electron chi connectivity index (χ1n) is 4.83. The van der Waals surface area contributed by atoms with Crippen molar-refractivity contribution in [3.8, 4) is 0 Å². The molecular weight excluding hydrogens is 176 g/mol. The Kier molecular flexibility index (Phi) is 4.33. The molecule has 2 heteroatoms. The lowest BCUT2D eigenvalue weighted by Crippen LogP contribution is -2.01. The highest BCUT2D eigenvalue weighted by Gasteiger charge is 2.04. The van der Waals surface area contributed by atoms with Crippen LogP contribution >= 0.6 is 0 Å². The predicted molar refractivity (Wildman–Crippen MR) is 56.6 cm³/mol. The standard InChI is InChI=1S/C12H16O2/c1-10-5-7-11(8-6-10)12(13)4-3-9-14-2/h5-8H,3-4,9H2,1-2H3. The molecule has 0 saturated carbocycles. The van der Waals surface area contributed by atoms with E-state index in [0.29, 0.717) is 13.0 Å². The van der Waals surface area contributed by atoms with E-state index in [4.69, 9.17) is 4.74 Å². The molecule has 0 saturated heterocycles. The van der Waals surface area contributed by atoms with Gasteiger partial charge in [-0.2, -0.15) is 0 Å². The van der Waals surface area contributed by atoms with Crippen molar-refractivity contribution in [2.75, 3.05) is 13.7 Å². The van der Waals surface area contributed by atoms with Crippen LogP contribution in [0.25, 0.3) is 0 Å². The summed E-state index contributed by atoms with van der Waals surface area (Å²) in [6.07, 6.45) is 1.36. The van der Waals surface area contributed by atoms with E-state index >= 15 is 0 Å². The lowest BCUT2D eigenvalue weighted by atomic mass is 10.1. The molecule has 0 amide bonds. The quantitative estimate of drug-likeness (QED) is 0.529. The maximum atomic E-state index is 11.6. The Morgan fingerprint density at radius 1 is 1.29 bits per heavy atom. The van der Waals surface area contributed by atoms with E-state index in [-0.39, 0.29) is 5.78 Å². The fraction of sp³-hybridized carbons (Fsp3) is 0.417. The Morgan fingerprint density at radius 2 is 1.93 bits per heavy atom. The summed E-state index contributed by atoms with van der Waals surface area (Å²) in [5.41, 5.74) is 1.98. The number of benzene rings is 1. The van der Waals surface area contributed by atoms with Gasteiger partial charge in [-0.3, -0.25) is 4.79 Å². The average Bonchev–Trinajstić information content (AvgIpc) is 2.19. The third kappa shape index (κ3) is 3.30. The summed E-state index contributed by atoms with van der Waals surface area (Å²) in [4.78, 5) is 11.6. The van der Waals surface area contributed by atoms with Gasteiger partial charge in [0, 0.05) is 25.7 Å². The second-order valence-electron chi connectivity index (χ2n) is 3.39. The number of hydrogen-bond acceptors (Lipinski definition) is 2. The van der Waals surface area contributed by atoms with Crippen molar-refractivity contribution in [3.05, 3.63) is 35.4 Å². The summed E-state index contributed by atoms with van der Waals surface area (Å²) in [6.45, 7) is 2.66. The molecule has 1 aromatic rings. The van der Waals surface area contributed by atoms with Crippen LogP contribution in [0.15, 0.2) is 24.3 Å². The van der Waals surface area contributed by atoms with Crippen molar-refractivity contribution >= 4 is 5.78 Å². The number of ketones is 1. The van der Waals surface area contributed by atoms with Crippen LogP contribution in [-0.2, 0) is 4.74 Å². The van der Waals surface area contributed by atoms with Crippen LogP contribution in [0.1, 0.15) is 28.8 Å². The van der Waals surface area contributed by atoms with Gasteiger partial charge in [0.15, 0.2) is 5.78 Å². The smallest absolute Gasteiger partial charge is 0.162 e. The van der Waals surface area contributed by atoms with Gasteiger partial charge in [-0.15, -0.1) is 0 Å². The van der Waals surface area contributed by atoms with Gasteiger partial charge < -0.3 is 4.74 Å². The molecule has 0 aliphatic heterocycles. The van der Waals surface area contributed by atoms with Crippen LogP contribution in [0.3, 0.4) is 0 Å². The van der Waals surface area contributed by atoms with E-state index in [1.165, 1.54) is 5.56 Å². The average molecular weight is 192 g/mol. The number of carbonyl (C=O) groups excluding carboxylic acids is 1. The number of Topliss-reactive ketones (excluding diaryl/α,β-unsaturated/α-hetero) is 1. The molecule has 14 heavy (non-hydrogen) atoms. The highest BCUT2D eigenvalue weighted by atomic mass is 16.5. The maximum Gasteiger partial charge on any atom is 0.162 e. The minimum Gasteiger partial charge on any atom is -0.385 e. The van der Waals surface area contributed by atoms with Gasteiger partial charge >= 0.3 is 0 Å². The molecule has 1 rings (SSSR count). The normalized spacial score (nSPS) is 10.1. The Morgan fingerprint density at radius 3 is 2.50 bits per heavy atom. The number of ether oxygens (including phenoxy) is 1. The summed E-state index contributed by atoms with van der Waals surface area (Å²) in [5.74, 6) is 0.196. The minimum absolute atomic E-state index is 0.196. The second kappa shape index (κ2) is 5.55. The molecule has 76 valence electrons. The predicted octanol–water partition coefficient (Wildman–Crippen LogP) is 2.60. The minimum atomic E-state index is 0.196. The molecule has 0 aliphatic carbocycles. The van der Waals surface area contributed by atoms with Crippen molar-refractivity contribution in [2.24, 2.45) is 0 Å². The molecule has 0 fully saturated rings. The van der Waals surface area contributed by atoms with Crippen molar-refractivity contribution in [1.82, 2.24) is 0 Å². The Hall–Kier alpha value is -1.15. The molecular formula is C12H16O2. The third-order valence-corrected chi connectivity index (χ3v) is 2.13. The van der Waals surface area contributed by atoms with Gasteiger partial charge in [-0.1, -0.05) is 29.8 Å².